The molecule has 0 radical (unpaired) electrons. The summed E-state index contributed by atoms with van der Waals surface area (Å²) in [5, 5.41) is 0. The molecule has 0 bridgehead atoms. The molecule has 2 aromatic carbocycles. The number of aromatic amines is 1. The van der Waals surface area contributed by atoms with E-state index in [-0.39, 0.29) is 0 Å². The van der Waals surface area contributed by atoms with Crippen molar-refractivity contribution in [2.45, 2.75) is 12.3 Å². The van der Waals surface area contributed by atoms with Crippen molar-refractivity contribution in [1.82, 2.24) is 15.0 Å². The van der Waals surface area contributed by atoms with E-state index in [0.29, 0.717) is 5.92 Å². The number of fused-ring (bicyclic) bond motifs is 3. The van der Waals surface area contributed by atoms with Gasteiger partial charge in [0.1, 0.15) is 5.82 Å². The number of rotatable bonds is 2. The zero-order valence-electron chi connectivity index (χ0n) is 13.7. The number of benzene rings is 2. The second-order valence-corrected chi connectivity index (χ2v) is 6.41. The average molecular weight is 323 g/mol. The molecule has 0 aliphatic heterocycles. The number of nitrogens with one attached hydrogen (secondary N) is 1. The first-order valence-corrected chi connectivity index (χ1v) is 8.53. The van der Waals surface area contributed by atoms with Crippen LogP contribution >= 0.6 is 0 Å². The van der Waals surface area contributed by atoms with Gasteiger partial charge in [0.2, 0.25) is 0 Å². The molecule has 25 heavy (non-hydrogen) atoms. The van der Waals surface area contributed by atoms with Crippen molar-refractivity contribution in [2.24, 2.45) is 0 Å². The SMILES string of the molecule is c1ccc(C2Cc3[nH]c(-c4cccnc4)nc3-c3ccccc32)cc1. The van der Waals surface area contributed by atoms with Gasteiger partial charge in [0.05, 0.1) is 5.69 Å². The summed E-state index contributed by atoms with van der Waals surface area (Å²) in [5.74, 6) is 1.24. The van der Waals surface area contributed by atoms with Gasteiger partial charge >= 0.3 is 0 Å². The highest BCUT2D eigenvalue weighted by Crippen LogP contribution is 2.42. The molecular weight excluding hydrogens is 306 g/mol. The largest absolute Gasteiger partial charge is 0.341 e. The Bertz CT molecular complexity index is 1020. The van der Waals surface area contributed by atoms with E-state index in [0.717, 1.165) is 23.5 Å². The first kappa shape index (κ1) is 14.2. The molecule has 3 heteroatoms. The van der Waals surface area contributed by atoms with Crippen LogP contribution in [0.15, 0.2) is 79.1 Å². The quantitative estimate of drug-likeness (QED) is 0.574. The molecule has 1 unspecified atom stereocenters. The Morgan fingerprint density at radius 1 is 0.880 bits per heavy atom. The van der Waals surface area contributed by atoms with Crippen LogP contribution in [0.1, 0.15) is 22.7 Å². The monoisotopic (exact) mass is 323 g/mol. The number of imidazole rings is 1. The minimum absolute atomic E-state index is 0.354. The van der Waals surface area contributed by atoms with Crippen LogP contribution in [0.4, 0.5) is 0 Å². The summed E-state index contributed by atoms with van der Waals surface area (Å²) < 4.78 is 0. The summed E-state index contributed by atoms with van der Waals surface area (Å²) in [6.45, 7) is 0. The molecule has 0 saturated heterocycles. The molecule has 1 aliphatic rings. The summed E-state index contributed by atoms with van der Waals surface area (Å²) in [7, 11) is 0. The van der Waals surface area contributed by atoms with Gasteiger partial charge in [-0.05, 0) is 23.3 Å². The van der Waals surface area contributed by atoms with E-state index >= 15 is 0 Å². The number of aromatic nitrogens is 3. The normalized spacial score (nSPS) is 15.4. The van der Waals surface area contributed by atoms with Gasteiger partial charge in [-0.3, -0.25) is 4.98 Å². The maximum atomic E-state index is 4.89. The van der Waals surface area contributed by atoms with Crippen molar-refractivity contribution in [1.29, 1.82) is 0 Å². The van der Waals surface area contributed by atoms with E-state index in [1.807, 2.05) is 18.3 Å². The van der Waals surface area contributed by atoms with Gasteiger partial charge in [-0.15, -0.1) is 0 Å². The van der Waals surface area contributed by atoms with Crippen LogP contribution in [-0.2, 0) is 6.42 Å². The zero-order valence-corrected chi connectivity index (χ0v) is 13.7. The summed E-state index contributed by atoms with van der Waals surface area (Å²) in [6, 6.07) is 23.3. The van der Waals surface area contributed by atoms with Crippen LogP contribution in [0.5, 0.6) is 0 Å². The maximum Gasteiger partial charge on any atom is 0.139 e. The third-order valence-corrected chi connectivity index (χ3v) is 4.92. The highest BCUT2D eigenvalue weighted by atomic mass is 14.9. The molecule has 2 aromatic heterocycles. The standard InChI is InChI=1S/C22H17N3/c1-2-7-15(8-3-1)19-13-20-21(18-11-5-4-10-17(18)19)25-22(24-20)16-9-6-12-23-14-16/h1-12,14,19H,13H2,(H,24,25). The van der Waals surface area contributed by atoms with Gasteiger partial charge in [0.25, 0.3) is 0 Å². The van der Waals surface area contributed by atoms with Gasteiger partial charge in [-0.2, -0.15) is 0 Å². The van der Waals surface area contributed by atoms with Crippen molar-refractivity contribution in [3.63, 3.8) is 0 Å². The Kier molecular flexibility index (Phi) is 3.23. The molecule has 5 rings (SSSR count). The molecule has 1 N–H and O–H groups in total. The Labute approximate surface area is 146 Å². The topological polar surface area (TPSA) is 41.6 Å². The van der Waals surface area contributed by atoms with Gasteiger partial charge in [0.15, 0.2) is 0 Å². The fraction of sp³-hybridized carbons (Fsp3) is 0.0909. The molecule has 4 aromatic rings. The van der Waals surface area contributed by atoms with Crippen LogP contribution in [0.3, 0.4) is 0 Å². The molecule has 0 amide bonds. The highest BCUT2D eigenvalue weighted by molar-refractivity contribution is 5.73. The Balaban J connectivity index is 1.67. The van der Waals surface area contributed by atoms with E-state index < -0.39 is 0 Å². The molecule has 2 heterocycles. The predicted octanol–water partition coefficient (Wildman–Crippen LogP) is 4.83. The lowest BCUT2D eigenvalue weighted by Gasteiger charge is -2.25. The van der Waals surface area contributed by atoms with Crippen LogP contribution in [0.25, 0.3) is 22.6 Å². The summed E-state index contributed by atoms with van der Waals surface area (Å²) in [4.78, 5) is 12.6. The van der Waals surface area contributed by atoms with Crippen molar-refractivity contribution < 1.29 is 0 Å². The Morgan fingerprint density at radius 3 is 2.56 bits per heavy atom. The zero-order chi connectivity index (χ0) is 16.6. The van der Waals surface area contributed by atoms with E-state index in [1.54, 1.807) is 6.20 Å². The average Bonchev–Trinajstić information content (AvgIpc) is 3.13. The lowest BCUT2D eigenvalue weighted by molar-refractivity contribution is 0.776. The lowest BCUT2D eigenvalue weighted by Crippen LogP contribution is -2.12. The van der Waals surface area contributed by atoms with Crippen LogP contribution < -0.4 is 0 Å². The molecule has 0 fully saturated rings. The maximum absolute atomic E-state index is 4.89. The van der Waals surface area contributed by atoms with Crippen molar-refractivity contribution in [3.8, 4) is 22.6 Å². The van der Waals surface area contributed by atoms with Crippen molar-refractivity contribution in [2.75, 3.05) is 0 Å². The molecule has 0 saturated carbocycles. The molecule has 0 spiro atoms. The predicted molar refractivity (Wildman–Crippen MR) is 99.2 cm³/mol. The summed E-state index contributed by atoms with van der Waals surface area (Å²) >= 11 is 0. The van der Waals surface area contributed by atoms with Crippen LogP contribution in [-0.4, -0.2) is 15.0 Å². The second kappa shape index (κ2) is 5.71. The third kappa shape index (κ3) is 2.36. The minimum Gasteiger partial charge on any atom is -0.341 e. The van der Waals surface area contributed by atoms with E-state index in [1.165, 1.54) is 22.4 Å². The smallest absolute Gasteiger partial charge is 0.139 e. The molecule has 1 atom stereocenters. The van der Waals surface area contributed by atoms with Gasteiger partial charge in [-0.1, -0.05) is 54.6 Å². The third-order valence-electron chi connectivity index (χ3n) is 4.92. The number of H-pyrrole nitrogens is 1. The first-order valence-electron chi connectivity index (χ1n) is 8.53. The number of hydrogen-bond acceptors (Lipinski definition) is 2. The molecular formula is C22H17N3. The summed E-state index contributed by atoms with van der Waals surface area (Å²) in [5.41, 5.74) is 7.21. The lowest BCUT2D eigenvalue weighted by atomic mass is 9.79. The minimum atomic E-state index is 0.354. The van der Waals surface area contributed by atoms with E-state index in [4.69, 9.17) is 4.98 Å². The van der Waals surface area contributed by atoms with Crippen molar-refractivity contribution in [3.05, 3.63) is 95.9 Å². The number of pyridine rings is 1. The number of nitrogens with zero attached hydrogens (tertiary/aromatic N) is 2. The van der Waals surface area contributed by atoms with Gasteiger partial charge in [0, 0.05) is 41.6 Å². The highest BCUT2D eigenvalue weighted by Gasteiger charge is 2.28. The molecule has 120 valence electrons. The Morgan fingerprint density at radius 2 is 1.72 bits per heavy atom. The Hall–Kier alpha value is -3.20. The first-order chi connectivity index (χ1) is 12.4. The summed E-state index contributed by atoms with van der Waals surface area (Å²) in [6.07, 6.45) is 4.57. The fourth-order valence-electron chi connectivity index (χ4n) is 3.73. The van der Waals surface area contributed by atoms with Crippen molar-refractivity contribution >= 4 is 0 Å². The van der Waals surface area contributed by atoms with Crippen LogP contribution in [0, 0.1) is 0 Å². The van der Waals surface area contributed by atoms with E-state index in [9.17, 15) is 0 Å². The molecule has 1 aliphatic carbocycles. The van der Waals surface area contributed by atoms with Crippen LogP contribution in [0.2, 0.25) is 0 Å². The van der Waals surface area contributed by atoms with Gasteiger partial charge in [-0.25, -0.2) is 4.98 Å². The van der Waals surface area contributed by atoms with Gasteiger partial charge < -0.3 is 4.98 Å². The molecule has 3 nitrogen and oxygen atoms in total. The van der Waals surface area contributed by atoms with E-state index in [2.05, 4.69) is 64.6 Å². The second-order valence-electron chi connectivity index (χ2n) is 6.41. The number of hydrogen-bond donors (Lipinski definition) is 1. The fourth-order valence-corrected chi connectivity index (χ4v) is 3.73.